The van der Waals surface area contributed by atoms with Gasteiger partial charge in [-0.15, -0.1) is 0 Å². The Morgan fingerprint density at radius 2 is 1.93 bits per heavy atom. The first kappa shape index (κ1) is 18.6. The molecule has 2 saturated heterocycles. The summed E-state index contributed by atoms with van der Waals surface area (Å²) in [5.41, 5.74) is 0.313. The van der Waals surface area contributed by atoms with E-state index in [1.165, 1.54) is 17.0 Å². The largest absolute Gasteiger partial charge is 0.441 e. The Morgan fingerprint density at radius 3 is 2.63 bits per heavy atom. The zero-order chi connectivity index (χ0) is 19.2. The van der Waals surface area contributed by atoms with Crippen LogP contribution in [0.5, 0.6) is 0 Å². The summed E-state index contributed by atoms with van der Waals surface area (Å²) in [6.45, 7) is 2.82. The van der Waals surface area contributed by atoms with Crippen LogP contribution in [0, 0.1) is 6.92 Å². The van der Waals surface area contributed by atoms with E-state index in [0.29, 0.717) is 36.8 Å². The number of anilines is 1. The van der Waals surface area contributed by atoms with Crippen molar-refractivity contribution in [2.45, 2.75) is 63.5 Å². The van der Waals surface area contributed by atoms with Gasteiger partial charge in [-0.05, 0) is 45.4 Å². The van der Waals surface area contributed by atoms with Gasteiger partial charge < -0.3 is 4.74 Å². The van der Waals surface area contributed by atoms with E-state index in [0.717, 1.165) is 32.1 Å². The summed E-state index contributed by atoms with van der Waals surface area (Å²) in [5, 5.41) is 0. The van der Waals surface area contributed by atoms with Crippen LogP contribution >= 0.6 is 0 Å². The summed E-state index contributed by atoms with van der Waals surface area (Å²) in [6, 6.07) is 1.40. The number of hydrogen-bond acceptors (Lipinski definition) is 6. The van der Waals surface area contributed by atoms with Crippen LogP contribution in [-0.4, -0.2) is 53.7 Å². The topological polar surface area (TPSA) is 92.7 Å². The first-order chi connectivity index (χ1) is 12.8. The molecule has 1 aromatic rings. The highest BCUT2D eigenvalue weighted by Crippen LogP contribution is 2.39. The zero-order valence-corrected chi connectivity index (χ0v) is 16.7. The molecule has 1 atom stereocenters. The van der Waals surface area contributed by atoms with Crippen molar-refractivity contribution < 1.29 is 17.9 Å². The van der Waals surface area contributed by atoms with E-state index >= 15 is 0 Å². The number of ether oxygens (including phenoxy) is 1. The maximum Gasteiger partial charge on any atom is 0.416 e. The molecule has 1 aliphatic carbocycles. The maximum atomic E-state index is 12.6. The van der Waals surface area contributed by atoms with Gasteiger partial charge in [0.2, 0.25) is 10.0 Å². The molecule has 1 amide bonds. The fourth-order valence-corrected chi connectivity index (χ4v) is 5.64. The van der Waals surface area contributed by atoms with Crippen LogP contribution in [0.3, 0.4) is 0 Å². The van der Waals surface area contributed by atoms with Gasteiger partial charge in [0.1, 0.15) is 17.2 Å². The quantitative estimate of drug-likeness (QED) is 0.782. The van der Waals surface area contributed by atoms with E-state index < -0.39 is 15.6 Å². The van der Waals surface area contributed by atoms with Crippen LogP contribution in [0.25, 0.3) is 0 Å². The summed E-state index contributed by atoms with van der Waals surface area (Å²) in [6.07, 6.45) is 7.40. The third-order valence-corrected chi connectivity index (χ3v) is 7.09. The summed E-state index contributed by atoms with van der Waals surface area (Å²) < 4.78 is 31.4. The lowest BCUT2D eigenvalue weighted by atomic mass is 9.85. The molecule has 0 N–H and O–H groups in total. The second kappa shape index (κ2) is 6.70. The van der Waals surface area contributed by atoms with Crippen molar-refractivity contribution in [2.75, 3.05) is 24.2 Å². The molecule has 8 nitrogen and oxygen atoms in total. The minimum Gasteiger partial charge on any atom is -0.441 e. The fraction of sp³-hybridized carbons (Fsp3) is 0.722. The third kappa shape index (κ3) is 3.54. The zero-order valence-electron chi connectivity index (χ0n) is 15.8. The molecule has 2 aliphatic heterocycles. The number of hydrogen-bond donors (Lipinski definition) is 0. The standard InChI is InChI=1S/C18H26N4O4S/c1-13-11-15(21-12-18(26-17(21)23)8-4-3-5-9-18)20-16(19-13)14-7-6-10-22(14)27(2,24)25/h11,14H,3-10,12H2,1-2H3. The summed E-state index contributed by atoms with van der Waals surface area (Å²) in [5.74, 6) is 0.968. The lowest BCUT2D eigenvalue weighted by molar-refractivity contribution is 0.0260. The first-order valence-corrected chi connectivity index (χ1v) is 11.5. The summed E-state index contributed by atoms with van der Waals surface area (Å²) in [7, 11) is -3.33. The molecule has 0 bridgehead atoms. The van der Waals surface area contributed by atoms with Crippen LogP contribution < -0.4 is 4.90 Å². The van der Waals surface area contributed by atoms with E-state index in [9.17, 15) is 13.2 Å². The highest BCUT2D eigenvalue weighted by molar-refractivity contribution is 7.88. The van der Waals surface area contributed by atoms with Gasteiger partial charge in [0, 0.05) is 18.3 Å². The van der Waals surface area contributed by atoms with Gasteiger partial charge in [-0.2, -0.15) is 4.31 Å². The molecular weight excluding hydrogens is 368 g/mol. The number of amides is 1. The van der Waals surface area contributed by atoms with E-state index in [2.05, 4.69) is 9.97 Å². The van der Waals surface area contributed by atoms with Crippen LogP contribution in [0.4, 0.5) is 10.6 Å². The van der Waals surface area contributed by atoms with Crippen molar-refractivity contribution in [1.82, 2.24) is 14.3 Å². The van der Waals surface area contributed by atoms with Crippen LogP contribution in [0.15, 0.2) is 6.07 Å². The van der Waals surface area contributed by atoms with Gasteiger partial charge in [0.25, 0.3) is 0 Å². The number of rotatable bonds is 3. The number of nitrogens with zero attached hydrogens (tertiary/aromatic N) is 4. The molecule has 0 aromatic carbocycles. The molecule has 0 radical (unpaired) electrons. The monoisotopic (exact) mass is 394 g/mol. The molecule has 9 heteroatoms. The van der Waals surface area contributed by atoms with Gasteiger partial charge in [0.05, 0.1) is 18.8 Å². The van der Waals surface area contributed by atoms with E-state index in [1.807, 2.05) is 6.92 Å². The van der Waals surface area contributed by atoms with E-state index in [-0.39, 0.29) is 12.1 Å². The number of carbonyl (C=O) groups excluding carboxylic acids is 1. The number of aryl methyl sites for hydroxylation is 1. The SMILES string of the molecule is Cc1cc(N2CC3(CCCCC3)OC2=O)nc(C2CCCN2S(C)(=O)=O)n1. The minimum absolute atomic E-state index is 0.368. The molecule has 4 rings (SSSR count). The molecule has 1 unspecified atom stereocenters. The van der Waals surface area contributed by atoms with Gasteiger partial charge >= 0.3 is 6.09 Å². The van der Waals surface area contributed by atoms with Crippen molar-refractivity contribution in [3.05, 3.63) is 17.6 Å². The average molecular weight is 394 g/mol. The van der Waals surface area contributed by atoms with Gasteiger partial charge in [-0.25, -0.2) is 23.2 Å². The number of carbonyl (C=O) groups is 1. The molecule has 1 spiro atoms. The van der Waals surface area contributed by atoms with Crippen molar-refractivity contribution in [2.24, 2.45) is 0 Å². The maximum absolute atomic E-state index is 12.6. The lowest BCUT2D eigenvalue weighted by Crippen LogP contribution is -2.37. The Morgan fingerprint density at radius 1 is 1.19 bits per heavy atom. The highest BCUT2D eigenvalue weighted by atomic mass is 32.2. The molecule has 3 fully saturated rings. The summed E-state index contributed by atoms with van der Waals surface area (Å²) in [4.78, 5) is 23.2. The smallest absolute Gasteiger partial charge is 0.416 e. The molecule has 3 aliphatic rings. The first-order valence-electron chi connectivity index (χ1n) is 9.60. The van der Waals surface area contributed by atoms with Crippen molar-refractivity contribution in [3.8, 4) is 0 Å². The fourth-order valence-electron chi connectivity index (χ4n) is 4.51. The summed E-state index contributed by atoms with van der Waals surface area (Å²) >= 11 is 0. The second-order valence-corrected chi connectivity index (χ2v) is 9.89. The molecule has 1 aromatic heterocycles. The highest BCUT2D eigenvalue weighted by Gasteiger charge is 2.47. The van der Waals surface area contributed by atoms with Crippen LogP contribution in [-0.2, 0) is 14.8 Å². The van der Waals surface area contributed by atoms with Crippen molar-refractivity contribution >= 4 is 21.9 Å². The van der Waals surface area contributed by atoms with Crippen LogP contribution in [0.1, 0.15) is 62.5 Å². The van der Waals surface area contributed by atoms with E-state index in [1.54, 1.807) is 11.0 Å². The molecule has 148 valence electrons. The Balaban J connectivity index is 1.64. The molecule has 1 saturated carbocycles. The normalized spacial score (nSPS) is 25.9. The molecule has 3 heterocycles. The van der Waals surface area contributed by atoms with Gasteiger partial charge in [0.15, 0.2) is 0 Å². The Labute approximate surface area is 160 Å². The van der Waals surface area contributed by atoms with Crippen molar-refractivity contribution in [3.63, 3.8) is 0 Å². The number of aromatic nitrogens is 2. The Kier molecular flexibility index (Phi) is 4.62. The minimum atomic E-state index is -3.33. The predicted molar refractivity (Wildman–Crippen MR) is 99.9 cm³/mol. The van der Waals surface area contributed by atoms with Gasteiger partial charge in [-0.1, -0.05) is 6.42 Å². The second-order valence-electron chi connectivity index (χ2n) is 7.96. The Bertz CT molecular complexity index is 851. The van der Waals surface area contributed by atoms with Crippen molar-refractivity contribution in [1.29, 1.82) is 0 Å². The lowest BCUT2D eigenvalue weighted by Gasteiger charge is -2.30. The average Bonchev–Trinajstić information content (AvgIpc) is 3.20. The predicted octanol–water partition coefficient (Wildman–Crippen LogP) is 2.54. The van der Waals surface area contributed by atoms with Crippen LogP contribution in [0.2, 0.25) is 0 Å². The molecular formula is C18H26N4O4S. The number of sulfonamides is 1. The van der Waals surface area contributed by atoms with Gasteiger partial charge in [-0.3, -0.25) is 4.90 Å². The van der Waals surface area contributed by atoms with E-state index in [4.69, 9.17) is 4.74 Å². The molecule has 27 heavy (non-hydrogen) atoms. The third-order valence-electron chi connectivity index (χ3n) is 5.80. The Hall–Kier alpha value is -1.74.